The number of nitrogens with zero attached hydrogens (tertiary/aromatic N) is 4. The summed E-state index contributed by atoms with van der Waals surface area (Å²) in [4.78, 5) is 16.6. The zero-order chi connectivity index (χ0) is 18.5. The predicted octanol–water partition coefficient (Wildman–Crippen LogP) is 2.99. The van der Waals surface area contributed by atoms with Crippen LogP contribution in [0.5, 0.6) is 0 Å². The van der Waals surface area contributed by atoms with Gasteiger partial charge in [-0.1, -0.05) is 23.4 Å². The quantitative estimate of drug-likeness (QED) is 0.761. The summed E-state index contributed by atoms with van der Waals surface area (Å²) in [6.45, 7) is 0.00836. The van der Waals surface area contributed by atoms with Crippen molar-refractivity contribution in [3.8, 4) is 0 Å². The van der Waals surface area contributed by atoms with Crippen molar-refractivity contribution in [2.45, 2.75) is 24.6 Å². The Kier molecular flexibility index (Phi) is 3.57. The van der Waals surface area contributed by atoms with Gasteiger partial charge in [-0.15, -0.1) is 5.10 Å². The Bertz CT molecular complexity index is 976. The fourth-order valence-corrected chi connectivity index (χ4v) is 3.82. The lowest BCUT2D eigenvalue weighted by molar-refractivity contribution is -0.220. The SMILES string of the molecule is Cn1cc(C(=O)N2CCCC2(c2c[nH]c3ccccc23)C(F)(F)F)nn1. The molecule has 1 saturated heterocycles. The summed E-state index contributed by atoms with van der Waals surface area (Å²) in [5.74, 6) is -0.766. The number of rotatable bonds is 2. The number of alkyl halides is 3. The van der Waals surface area contributed by atoms with Gasteiger partial charge in [0, 0.05) is 36.3 Å². The molecular formula is C17H16F3N5O. The molecular weight excluding hydrogens is 347 g/mol. The Morgan fingerprint density at radius 1 is 1.31 bits per heavy atom. The average molecular weight is 363 g/mol. The van der Waals surface area contributed by atoms with Crippen LogP contribution in [-0.2, 0) is 12.6 Å². The first kappa shape index (κ1) is 16.6. The van der Waals surface area contributed by atoms with E-state index in [2.05, 4.69) is 15.3 Å². The van der Waals surface area contributed by atoms with Crippen molar-refractivity contribution in [1.29, 1.82) is 0 Å². The number of fused-ring (bicyclic) bond motifs is 1. The Balaban J connectivity index is 1.90. The van der Waals surface area contributed by atoms with Crippen LogP contribution in [0.25, 0.3) is 10.9 Å². The molecule has 1 aliphatic rings. The molecule has 1 amide bonds. The molecule has 6 nitrogen and oxygen atoms in total. The van der Waals surface area contributed by atoms with Gasteiger partial charge in [0.05, 0.1) is 6.20 Å². The van der Waals surface area contributed by atoms with E-state index < -0.39 is 17.6 Å². The Labute approximate surface area is 146 Å². The van der Waals surface area contributed by atoms with E-state index in [9.17, 15) is 18.0 Å². The summed E-state index contributed by atoms with van der Waals surface area (Å²) in [6, 6.07) is 6.79. The molecule has 2 aromatic heterocycles. The molecule has 1 N–H and O–H groups in total. The number of nitrogens with one attached hydrogen (secondary N) is 1. The topological polar surface area (TPSA) is 66.8 Å². The highest BCUT2D eigenvalue weighted by molar-refractivity contribution is 5.94. The van der Waals surface area contributed by atoms with E-state index in [1.807, 2.05) is 0 Å². The third kappa shape index (κ3) is 2.23. The van der Waals surface area contributed by atoms with Crippen molar-refractivity contribution in [1.82, 2.24) is 24.9 Å². The summed E-state index contributed by atoms with van der Waals surface area (Å²) >= 11 is 0. The second kappa shape index (κ2) is 5.58. The minimum absolute atomic E-state index is 0.00836. The molecule has 0 radical (unpaired) electrons. The van der Waals surface area contributed by atoms with Gasteiger partial charge in [0.1, 0.15) is 0 Å². The summed E-state index contributed by atoms with van der Waals surface area (Å²) in [6.07, 6.45) is -1.88. The Hall–Kier alpha value is -2.84. The van der Waals surface area contributed by atoms with Gasteiger partial charge in [0.15, 0.2) is 11.2 Å². The summed E-state index contributed by atoms with van der Waals surface area (Å²) in [5.41, 5.74) is -1.82. The molecule has 0 spiro atoms. The number of amides is 1. The second-order valence-corrected chi connectivity index (χ2v) is 6.44. The van der Waals surface area contributed by atoms with Gasteiger partial charge in [0.25, 0.3) is 5.91 Å². The number of hydrogen-bond donors (Lipinski definition) is 1. The molecule has 0 saturated carbocycles. The van der Waals surface area contributed by atoms with Crippen LogP contribution in [0.3, 0.4) is 0 Å². The van der Waals surface area contributed by atoms with Crippen molar-refractivity contribution < 1.29 is 18.0 Å². The molecule has 0 aliphatic carbocycles. The third-order valence-electron chi connectivity index (χ3n) is 4.95. The first-order valence-electron chi connectivity index (χ1n) is 8.16. The van der Waals surface area contributed by atoms with Crippen molar-refractivity contribution in [2.24, 2.45) is 7.05 Å². The monoisotopic (exact) mass is 363 g/mol. The molecule has 1 fully saturated rings. The minimum atomic E-state index is -4.63. The van der Waals surface area contributed by atoms with E-state index in [4.69, 9.17) is 0 Å². The van der Waals surface area contributed by atoms with Crippen molar-refractivity contribution in [3.63, 3.8) is 0 Å². The molecule has 9 heteroatoms. The average Bonchev–Trinajstić information content (AvgIpc) is 3.30. The number of benzene rings is 1. The molecule has 1 unspecified atom stereocenters. The first-order valence-corrected chi connectivity index (χ1v) is 8.16. The van der Waals surface area contributed by atoms with Gasteiger partial charge in [-0.05, 0) is 18.9 Å². The van der Waals surface area contributed by atoms with Gasteiger partial charge in [-0.25, -0.2) is 0 Å². The molecule has 3 aromatic rings. The van der Waals surface area contributed by atoms with Gasteiger partial charge in [-0.2, -0.15) is 13.2 Å². The maximum absolute atomic E-state index is 14.4. The maximum atomic E-state index is 14.4. The second-order valence-electron chi connectivity index (χ2n) is 6.44. The fraction of sp³-hybridized carbons (Fsp3) is 0.353. The molecule has 1 aliphatic heterocycles. The zero-order valence-electron chi connectivity index (χ0n) is 13.9. The van der Waals surface area contributed by atoms with Crippen molar-refractivity contribution in [2.75, 3.05) is 6.54 Å². The number of carbonyl (C=O) groups is 1. The lowest BCUT2D eigenvalue weighted by Gasteiger charge is -2.39. The standard InChI is InChI=1S/C17H16F3N5O/c1-24-10-14(22-23-24)15(26)25-8-4-7-16(25,17(18,19)20)12-9-21-13-6-3-2-5-11(12)13/h2-3,5-6,9-10,21H,4,7-8H2,1H3. The number of aryl methyl sites for hydroxylation is 1. The summed E-state index contributed by atoms with van der Waals surface area (Å²) in [5, 5.41) is 7.82. The number of H-pyrrole nitrogens is 1. The summed E-state index contributed by atoms with van der Waals surface area (Å²) < 4.78 is 44.5. The van der Waals surface area contributed by atoms with Gasteiger partial charge in [0.2, 0.25) is 0 Å². The lowest BCUT2D eigenvalue weighted by atomic mass is 9.85. The number of aromatic nitrogens is 4. The van der Waals surface area contributed by atoms with Crippen LogP contribution in [0.4, 0.5) is 13.2 Å². The van der Waals surface area contributed by atoms with E-state index >= 15 is 0 Å². The van der Waals surface area contributed by atoms with E-state index in [1.54, 1.807) is 31.3 Å². The highest BCUT2D eigenvalue weighted by Crippen LogP contribution is 2.52. The van der Waals surface area contributed by atoms with Gasteiger partial charge >= 0.3 is 6.18 Å². The highest BCUT2D eigenvalue weighted by atomic mass is 19.4. The first-order chi connectivity index (χ1) is 12.3. The number of likely N-dealkylation sites (tertiary alicyclic amines) is 1. The van der Waals surface area contributed by atoms with Crippen LogP contribution in [-0.4, -0.2) is 43.5 Å². The largest absolute Gasteiger partial charge is 0.416 e. The van der Waals surface area contributed by atoms with E-state index in [0.29, 0.717) is 10.9 Å². The van der Waals surface area contributed by atoms with Gasteiger partial charge in [-0.3, -0.25) is 9.48 Å². The van der Waals surface area contributed by atoms with E-state index in [-0.39, 0.29) is 30.6 Å². The molecule has 3 heterocycles. The predicted molar refractivity (Wildman–Crippen MR) is 87.3 cm³/mol. The molecule has 4 rings (SSSR count). The van der Waals surface area contributed by atoms with Crippen LogP contribution < -0.4 is 0 Å². The molecule has 1 aromatic carbocycles. The van der Waals surface area contributed by atoms with Crippen molar-refractivity contribution in [3.05, 3.63) is 47.9 Å². The lowest BCUT2D eigenvalue weighted by Crippen LogP contribution is -2.54. The smallest absolute Gasteiger partial charge is 0.361 e. The van der Waals surface area contributed by atoms with Crippen LogP contribution in [0, 0.1) is 0 Å². The Morgan fingerprint density at radius 2 is 2.08 bits per heavy atom. The van der Waals surface area contributed by atoms with Crippen LogP contribution in [0.1, 0.15) is 28.9 Å². The van der Waals surface area contributed by atoms with Crippen LogP contribution >= 0.6 is 0 Å². The van der Waals surface area contributed by atoms with Crippen LogP contribution in [0.2, 0.25) is 0 Å². The maximum Gasteiger partial charge on any atom is 0.416 e. The molecule has 0 bridgehead atoms. The number of para-hydroxylation sites is 1. The zero-order valence-corrected chi connectivity index (χ0v) is 13.9. The number of halogens is 3. The van der Waals surface area contributed by atoms with Crippen molar-refractivity contribution >= 4 is 16.8 Å². The third-order valence-corrected chi connectivity index (χ3v) is 4.95. The normalized spacial score (nSPS) is 20.8. The molecule has 1 atom stereocenters. The molecule has 136 valence electrons. The number of carbonyl (C=O) groups excluding carboxylic acids is 1. The minimum Gasteiger partial charge on any atom is -0.361 e. The van der Waals surface area contributed by atoms with Crippen LogP contribution in [0.15, 0.2) is 36.7 Å². The Morgan fingerprint density at radius 3 is 2.77 bits per heavy atom. The van der Waals surface area contributed by atoms with Gasteiger partial charge < -0.3 is 9.88 Å². The van der Waals surface area contributed by atoms with E-state index in [0.717, 1.165) is 4.90 Å². The fourth-order valence-electron chi connectivity index (χ4n) is 3.82. The number of aromatic amines is 1. The van der Waals surface area contributed by atoms with E-state index in [1.165, 1.54) is 17.1 Å². The number of hydrogen-bond acceptors (Lipinski definition) is 3. The highest BCUT2D eigenvalue weighted by Gasteiger charge is 2.64. The molecule has 26 heavy (non-hydrogen) atoms. The summed E-state index contributed by atoms with van der Waals surface area (Å²) in [7, 11) is 1.56.